The molecule has 2 nitrogen and oxygen atoms in total. The zero-order chi connectivity index (χ0) is 8.48. The van der Waals surface area contributed by atoms with E-state index in [2.05, 4.69) is 0 Å². The molecule has 0 aromatic heterocycles. The Bertz CT molecular complexity index is 232. The highest BCUT2D eigenvalue weighted by molar-refractivity contribution is 8.16. The SMILES string of the molecule is C/C=C/C1(C)SC(=O)CC1=O. The summed E-state index contributed by atoms with van der Waals surface area (Å²) in [7, 11) is 0. The number of hydrogen-bond donors (Lipinski definition) is 0. The van der Waals surface area contributed by atoms with Gasteiger partial charge in [0.05, 0.1) is 11.2 Å². The highest BCUT2D eigenvalue weighted by Gasteiger charge is 2.40. The number of ketones is 1. The molecule has 1 atom stereocenters. The average molecular weight is 170 g/mol. The first kappa shape index (κ1) is 8.53. The fourth-order valence-corrected chi connectivity index (χ4v) is 2.15. The minimum Gasteiger partial charge on any atom is -0.297 e. The number of Topliss-reactive ketones (excluding diaryl/α,β-unsaturated/α-hetero) is 1. The second-order valence-electron chi connectivity index (χ2n) is 2.68. The molecule has 3 heteroatoms. The molecule has 0 amide bonds. The van der Waals surface area contributed by atoms with Gasteiger partial charge in [-0.25, -0.2) is 0 Å². The van der Waals surface area contributed by atoms with Gasteiger partial charge in [0.15, 0.2) is 10.9 Å². The van der Waals surface area contributed by atoms with Crippen LogP contribution in [0.5, 0.6) is 0 Å². The average Bonchev–Trinajstić information content (AvgIpc) is 2.08. The van der Waals surface area contributed by atoms with Crippen LogP contribution in [0.3, 0.4) is 0 Å². The molecular formula is C8H10O2S. The van der Waals surface area contributed by atoms with Crippen molar-refractivity contribution in [3.8, 4) is 0 Å². The minimum atomic E-state index is -0.578. The standard InChI is InChI=1S/C8H10O2S/c1-3-4-8(2)6(9)5-7(10)11-8/h3-4H,5H2,1-2H3/b4-3+. The van der Waals surface area contributed by atoms with Crippen LogP contribution in [0.1, 0.15) is 20.3 Å². The Kier molecular flexibility index (Phi) is 2.18. The molecule has 1 aliphatic heterocycles. The molecule has 1 unspecified atom stereocenters. The summed E-state index contributed by atoms with van der Waals surface area (Å²) in [5, 5.41) is -0.0180. The maximum Gasteiger partial charge on any atom is 0.197 e. The molecule has 1 rings (SSSR count). The van der Waals surface area contributed by atoms with Gasteiger partial charge in [0, 0.05) is 0 Å². The number of thioether (sulfide) groups is 1. The molecular weight excluding hydrogens is 160 g/mol. The van der Waals surface area contributed by atoms with Crippen LogP contribution in [-0.2, 0) is 9.59 Å². The first-order valence-electron chi connectivity index (χ1n) is 3.47. The van der Waals surface area contributed by atoms with E-state index in [1.807, 2.05) is 13.0 Å². The zero-order valence-electron chi connectivity index (χ0n) is 6.59. The Labute approximate surface area is 70.0 Å². The summed E-state index contributed by atoms with van der Waals surface area (Å²) in [5.74, 6) is 0.0191. The van der Waals surface area contributed by atoms with Crippen molar-refractivity contribution in [3.05, 3.63) is 12.2 Å². The van der Waals surface area contributed by atoms with Crippen LogP contribution in [0, 0.1) is 0 Å². The predicted octanol–water partition coefficient (Wildman–Crippen LogP) is 1.55. The van der Waals surface area contributed by atoms with E-state index in [9.17, 15) is 9.59 Å². The molecule has 0 radical (unpaired) electrons. The first-order valence-corrected chi connectivity index (χ1v) is 4.29. The van der Waals surface area contributed by atoms with Gasteiger partial charge in [0.2, 0.25) is 0 Å². The van der Waals surface area contributed by atoms with Gasteiger partial charge in [-0.2, -0.15) is 0 Å². The fraction of sp³-hybridized carbons (Fsp3) is 0.500. The van der Waals surface area contributed by atoms with E-state index in [1.54, 1.807) is 13.0 Å². The Hall–Kier alpha value is -0.570. The topological polar surface area (TPSA) is 34.1 Å². The normalized spacial score (nSPS) is 32.2. The Balaban J connectivity index is 2.87. The number of allylic oxidation sites excluding steroid dienone is 1. The third-order valence-electron chi connectivity index (χ3n) is 1.67. The number of carbonyl (C=O) groups is 2. The molecule has 0 aliphatic carbocycles. The molecule has 11 heavy (non-hydrogen) atoms. The van der Waals surface area contributed by atoms with Crippen molar-refractivity contribution in [3.63, 3.8) is 0 Å². The van der Waals surface area contributed by atoms with Gasteiger partial charge in [0.25, 0.3) is 0 Å². The van der Waals surface area contributed by atoms with E-state index in [4.69, 9.17) is 0 Å². The molecule has 0 N–H and O–H groups in total. The number of hydrogen-bond acceptors (Lipinski definition) is 3. The van der Waals surface area contributed by atoms with Crippen molar-refractivity contribution >= 4 is 22.7 Å². The van der Waals surface area contributed by atoms with Gasteiger partial charge in [-0.05, 0) is 13.8 Å². The summed E-state index contributed by atoms with van der Waals surface area (Å²) in [6.45, 7) is 3.63. The second kappa shape index (κ2) is 2.81. The molecule has 1 fully saturated rings. The van der Waals surface area contributed by atoms with Crippen LogP contribution in [0.25, 0.3) is 0 Å². The largest absolute Gasteiger partial charge is 0.297 e. The van der Waals surface area contributed by atoms with Gasteiger partial charge < -0.3 is 0 Å². The molecule has 0 spiro atoms. The molecule has 1 heterocycles. The lowest BCUT2D eigenvalue weighted by Gasteiger charge is -2.12. The highest BCUT2D eigenvalue weighted by Crippen LogP contribution is 2.36. The summed E-state index contributed by atoms with van der Waals surface area (Å²) in [5.41, 5.74) is 0. The van der Waals surface area contributed by atoms with Crippen LogP contribution in [0.15, 0.2) is 12.2 Å². The van der Waals surface area contributed by atoms with Gasteiger partial charge in [0.1, 0.15) is 0 Å². The van der Waals surface area contributed by atoms with E-state index in [0.717, 1.165) is 11.8 Å². The van der Waals surface area contributed by atoms with Gasteiger partial charge in [-0.3, -0.25) is 9.59 Å². The van der Waals surface area contributed by atoms with Crippen molar-refractivity contribution in [2.45, 2.75) is 25.0 Å². The molecule has 0 saturated carbocycles. The van der Waals surface area contributed by atoms with Crippen molar-refractivity contribution in [1.82, 2.24) is 0 Å². The number of carbonyl (C=O) groups excluding carboxylic acids is 2. The fourth-order valence-electron chi connectivity index (χ4n) is 1.08. The maximum absolute atomic E-state index is 11.2. The van der Waals surface area contributed by atoms with Crippen LogP contribution in [0.4, 0.5) is 0 Å². The van der Waals surface area contributed by atoms with E-state index >= 15 is 0 Å². The molecule has 1 aliphatic rings. The Morgan fingerprint density at radius 3 is 2.55 bits per heavy atom. The van der Waals surface area contributed by atoms with Crippen molar-refractivity contribution in [1.29, 1.82) is 0 Å². The molecule has 0 bridgehead atoms. The minimum absolute atomic E-state index is 0.0180. The number of rotatable bonds is 1. The lowest BCUT2D eigenvalue weighted by atomic mass is 10.0. The van der Waals surface area contributed by atoms with Gasteiger partial charge in [-0.1, -0.05) is 23.9 Å². The van der Waals surface area contributed by atoms with E-state index < -0.39 is 4.75 Å². The van der Waals surface area contributed by atoms with E-state index in [1.165, 1.54) is 0 Å². The monoisotopic (exact) mass is 170 g/mol. The third kappa shape index (κ3) is 1.53. The van der Waals surface area contributed by atoms with Crippen molar-refractivity contribution in [2.75, 3.05) is 0 Å². The predicted molar refractivity (Wildman–Crippen MR) is 45.4 cm³/mol. The van der Waals surface area contributed by atoms with Crippen LogP contribution in [-0.4, -0.2) is 15.6 Å². The first-order chi connectivity index (χ1) is 5.08. The third-order valence-corrected chi connectivity index (χ3v) is 2.83. The highest BCUT2D eigenvalue weighted by atomic mass is 32.2. The zero-order valence-corrected chi connectivity index (χ0v) is 7.40. The lowest BCUT2D eigenvalue weighted by Crippen LogP contribution is -2.22. The quantitative estimate of drug-likeness (QED) is 0.442. The second-order valence-corrected chi connectivity index (χ2v) is 4.19. The summed E-state index contributed by atoms with van der Waals surface area (Å²) in [6, 6.07) is 0. The smallest absolute Gasteiger partial charge is 0.197 e. The molecule has 0 aromatic rings. The van der Waals surface area contributed by atoms with Gasteiger partial charge in [-0.15, -0.1) is 0 Å². The molecule has 60 valence electrons. The van der Waals surface area contributed by atoms with E-state index in [-0.39, 0.29) is 17.3 Å². The van der Waals surface area contributed by atoms with Crippen molar-refractivity contribution < 1.29 is 9.59 Å². The molecule has 1 saturated heterocycles. The summed E-state index contributed by atoms with van der Waals surface area (Å²) >= 11 is 1.13. The Morgan fingerprint density at radius 1 is 1.55 bits per heavy atom. The van der Waals surface area contributed by atoms with Crippen LogP contribution >= 0.6 is 11.8 Å². The maximum atomic E-state index is 11.2. The molecule has 0 aromatic carbocycles. The summed E-state index contributed by atoms with van der Waals surface area (Å²) in [6.07, 6.45) is 3.68. The van der Waals surface area contributed by atoms with E-state index in [0.29, 0.717) is 0 Å². The van der Waals surface area contributed by atoms with Crippen molar-refractivity contribution in [2.24, 2.45) is 0 Å². The summed E-state index contributed by atoms with van der Waals surface area (Å²) < 4.78 is -0.578. The lowest BCUT2D eigenvalue weighted by molar-refractivity contribution is -0.122. The van der Waals surface area contributed by atoms with Crippen LogP contribution in [0.2, 0.25) is 0 Å². The summed E-state index contributed by atoms with van der Waals surface area (Å²) in [4.78, 5) is 22.1. The van der Waals surface area contributed by atoms with Gasteiger partial charge >= 0.3 is 0 Å². The Morgan fingerprint density at radius 2 is 2.18 bits per heavy atom. The van der Waals surface area contributed by atoms with Crippen LogP contribution < -0.4 is 0 Å².